The Labute approximate surface area is 172 Å². The number of esters is 1. The van der Waals surface area contributed by atoms with Crippen molar-refractivity contribution < 1.29 is 14.3 Å². The summed E-state index contributed by atoms with van der Waals surface area (Å²) in [5, 5.41) is 0. The lowest BCUT2D eigenvalue weighted by atomic mass is 10.1. The topological polar surface area (TPSA) is 60.7 Å². The Morgan fingerprint density at radius 3 is 2.61 bits per heavy atom. The molecular weight excluding hydrogens is 392 g/mol. The standard InChI is InChI=1S/C21H22N2O3S2/c1-4-27-16-8-6-15(7-9-16)12-19(24)22-21-23(13-20(25)26-3)17-10-5-14(2)11-18(17)28-21/h5-11H,4,12-13H2,1-3H3. The van der Waals surface area contributed by atoms with Crippen LogP contribution in [0.1, 0.15) is 18.1 Å². The molecule has 0 saturated carbocycles. The van der Waals surface area contributed by atoms with E-state index in [0.717, 1.165) is 27.1 Å². The summed E-state index contributed by atoms with van der Waals surface area (Å²) in [5.41, 5.74) is 2.90. The molecule has 2 aromatic carbocycles. The fourth-order valence-corrected chi connectivity index (χ4v) is 4.61. The van der Waals surface area contributed by atoms with Gasteiger partial charge in [-0.25, -0.2) is 0 Å². The summed E-state index contributed by atoms with van der Waals surface area (Å²) in [5.74, 6) is 0.398. The second-order valence-electron chi connectivity index (χ2n) is 6.28. The monoisotopic (exact) mass is 414 g/mol. The molecule has 0 saturated heterocycles. The zero-order chi connectivity index (χ0) is 20.1. The van der Waals surface area contributed by atoms with E-state index in [-0.39, 0.29) is 24.8 Å². The molecule has 1 amide bonds. The molecule has 0 aliphatic heterocycles. The zero-order valence-corrected chi connectivity index (χ0v) is 17.7. The molecule has 0 atom stereocenters. The first-order valence-electron chi connectivity index (χ1n) is 8.96. The van der Waals surface area contributed by atoms with Crippen molar-refractivity contribution in [2.45, 2.75) is 31.7 Å². The third-order valence-electron chi connectivity index (χ3n) is 4.16. The van der Waals surface area contributed by atoms with E-state index in [4.69, 9.17) is 4.74 Å². The Morgan fingerprint density at radius 1 is 1.18 bits per heavy atom. The Balaban J connectivity index is 1.91. The van der Waals surface area contributed by atoms with Gasteiger partial charge in [0.15, 0.2) is 4.80 Å². The van der Waals surface area contributed by atoms with E-state index >= 15 is 0 Å². The third kappa shape index (κ3) is 4.91. The molecule has 146 valence electrons. The Bertz CT molecular complexity index is 1070. The molecule has 0 fully saturated rings. The number of thioether (sulfide) groups is 1. The van der Waals surface area contributed by atoms with Crippen molar-refractivity contribution in [1.29, 1.82) is 0 Å². The van der Waals surface area contributed by atoms with Crippen LogP contribution in [-0.4, -0.2) is 29.3 Å². The second kappa shape index (κ2) is 9.21. The van der Waals surface area contributed by atoms with Crippen LogP contribution in [0.5, 0.6) is 0 Å². The van der Waals surface area contributed by atoms with Gasteiger partial charge < -0.3 is 9.30 Å². The maximum atomic E-state index is 12.5. The summed E-state index contributed by atoms with van der Waals surface area (Å²) in [6, 6.07) is 13.9. The van der Waals surface area contributed by atoms with Gasteiger partial charge >= 0.3 is 5.97 Å². The summed E-state index contributed by atoms with van der Waals surface area (Å²) in [6.45, 7) is 4.14. The molecule has 0 bridgehead atoms. The van der Waals surface area contributed by atoms with Gasteiger partial charge in [0.05, 0.1) is 23.7 Å². The molecule has 1 heterocycles. The van der Waals surface area contributed by atoms with E-state index in [1.165, 1.54) is 23.3 Å². The van der Waals surface area contributed by atoms with Crippen LogP contribution in [0.15, 0.2) is 52.4 Å². The number of nitrogens with zero attached hydrogens (tertiary/aromatic N) is 2. The summed E-state index contributed by atoms with van der Waals surface area (Å²) in [7, 11) is 1.35. The predicted octanol–water partition coefficient (Wildman–Crippen LogP) is 3.97. The smallest absolute Gasteiger partial charge is 0.325 e. The molecular formula is C21H22N2O3S2. The number of ether oxygens (including phenoxy) is 1. The van der Waals surface area contributed by atoms with Crippen LogP contribution in [0, 0.1) is 6.92 Å². The van der Waals surface area contributed by atoms with Crippen molar-refractivity contribution in [2.24, 2.45) is 4.99 Å². The van der Waals surface area contributed by atoms with Crippen LogP contribution in [-0.2, 0) is 27.3 Å². The first-order chi connectivity index (χ1) is 13.5. The summed E-state index contributed by atoms with van der Waals surface area (Å²) < 4.78 is 7.52. The largest absolute Gasteiger partial charge is 0.468 e. The number of rotatable bonds is 6. The van der Waals surface area contributed by atoms with Crippen molar-refractivity contribution in [3.8, 4) is 0 Å². The minimum Gasteiger partial charge on any atom is -0.468 e. The highest BCUT2D eigenvalue weighted by atomic mass is 32.2. The first kappa shape index (κ1) is 20.4. The number of hydrogen-bond donors (Lipinski definition) is 0. The molecule has 0 N–H and O–H groups in total. The fourth-order valence-electron chi connectivity index (χ4n) is 2.80. The minimum absolute atomic E-state index is 0.0224. The number of thiazole rings is 1. The van der Waals surface area contributed by atoms with Crippen LogP contribution in [0.2, 0.25) is 0 Å². The molecule has 1 aromatic heterocycles. The number of methoxy groups -OCH3 is 1. The lowest BCUT2D eigenvalue weighted by Crippen LogP contribution is -2.22. The molecule has 28 heavy (non-hydrogen) atoms. The normalized spacial score (nSPS) is 11.8. The van der Waals surface area contributed by atoms with Crippen molar-refractivity contribution in [2.75, 3.05) is 12.9 Å². The van der Waals surface area contributed by atoms with Crippen molar-refractivity contribution in [3.63, 3.8) is 0 Å². The molecule has 5 nitrogen and oxygen atoms in total. The van der Waals surface area contributed by atoms with Gasteiger partial charge in [-0.3, -0.25) is 9.59 Å². The lowest BCUT2D eigenvalue weighted by molar-refractivity contribution is -0.141. The highest BCUT2D eigenvalue weighted by Gasteiger charge is 2.12. The summed E-state index contributed by atoms with van der Waals surface area (Å²) >= 11 is 3.17. The molecule has 3 aromatic rings. The van der Waals surface area contributed by atoms with Gasteiger partial charge in [-0.2, -0.15) is 4.99 Å². The van der Waals surface area contributed by atoms with Gasteiger partial charge in [-0.15, -0.1) is 11.8 Å². The number of aryl methyl sites for hydroxylation is 1. The van der Waals surface area contributed by atoms with Gasteiger partial charge in [0.25, 0.3) is 5.91 Å². The number of aromatic nitrogens is 1. The van der Waals surface area contributed by atoms with E-state index in [0.29, 0.717) is 4.80 Å². The first-order valence-corrected chi connectivity index (χ1v) is 10.8. The number of carbonyl (C=O) groups excluding carboxylic acids is 2. The van der Waals surface area contributed by atoms with Crippen LogP contribution in [0.25, 0.3) is 10.2 Å². The van der Waals surface area contributed by atoms with Crippen molar-refractivity contribution in [1.82, 2.24) is 4.57 Å². The number of benzene rings is 2. The van der Waals surface area contributed by atoms with Gasteiger partial charge in [0, 0.05) is 4.90 Å². The average Bonchev–Trinajstić information content (AvgIpc) is 2.99. The van der Waals surface area contributed by atoms with E-state index < -0.39 is 0 Å². The maximum absolute atomic E-state index is 12.5. The SMILES string of the molecule is CCSc1ccc(CC(=O)N=c2sc3cc(C)ccc3n2CC(=O)OC)cc1. The molecule has 0 aliphatic rings. The fraction of sp³-hybridized carbons (Fsp3) is 0.286. The van der Waals surface area contributed by atoms with Crippen LogP contribution in [0.4, 0.5) is 0 Å². The highest BCUT2D eigenvalue weighted by molar-refractivity contribution is 7.99. The third-order valence-corrected chi connectivity index (χ3v) is 6.10. The Kier molecular flexibility index (Phi) is 6.70. The Morgan fingerprint density at radius 2 is 1.93 bits per heavy atom. The maximum Gasteiger partial charge on any atom is 0.325 e. The predicted molar refractivity (Wildman–Crippen MR) is 114 cm³/mol. The quantitative estimate of drug-likeness (QED) is 0.452. The van der Waals surface area contributed by atoms with Gasteiger partial charge in [-0.05, 0) is 48.1 Å². The molecule has 0 radical (unpaired) electrons. The number of carbonyl (C=O) groups is 2. The number of hydrogen-bond acceptors (Lipinski definition) is 5. The molecule has 3 rings (SSSR count). The average molecular weight is 415 g/mol. The van der Waals surface area contributed by atoms with E-state index in [1.54, 1.807) is 16.3 Å². The second-order valence-corrected chi connectivity index (χ2v) is 8.62. The lowest BCUT2D eigenvalue weighted by Gasteiger charge is -2.04. The molecule has 0 spiro atoms. The van der Waals surface area contributed by atoms with E-state index in [1.807, 2.05) is 49.4 Å². The van der Waals surface area contributed by atoms with Gasteiger partial charge in [0.1, 0.15) is 6.54 Å². The van der Waals surface area contributed by atoms with Crippen molar-refractivity contribution in [3.05, 3.63) is 58.4 Å². The van der Waals surface area contributed by atoms with Crippen LogP contribution < -0.4 is 4.80 Å². The van der Waals surface area contributed by atoms with Crippen LogP contribution in [0.3, 0.4) is 0 Å². The van der Waals surface area contributed by atoms with E-state index in [2.05, 4.69) is 11.9 Å². The van der Waals surface area contributed by atoms with Crippen molar-refractivity contribution >= 4 is 45.2 Å². The minimum atomic E-state index is -0.377. The Hall–Kier alpha value is -2.38. The molecule has 0 aliphatic carbocycles. The number of amides is 1. The highest BCUT2D eigenvalue weighted by Crippen LogP contribution is 2.20. The summed E-state index contributed by atoms with van der Waals surface area (Å²) in [4.78, 5) is 30.4. The van der Waals surface area contributed by atoms with E-state index in [9.17, 15) is 9.59 Å². The van der Waals surface area contributed by atoms with Gasteiger partial charge in [0.2, 0.25) is 0 Å². The molecule has 7 heteroatoms. The molecule has 0 unspecified atom stereocenters. The zero-order valence-electron chi connectivity index (χ0n) is 16.1. The summed E-state index contributed by atoms with van der Waals surface area (Å²) in [6.07, 6.45) is 0.225. The number of fused-ring (bicyclic) bond motifs is 1. The van der Waals surface area contributed by atoms with Gasteiger partial charge in [-0.1, -0.05) is 36.5 Å². The van der Waals surface area contributed by atoms with Crippen LogP contribution >= 0.6 is 23.1 Å².